The number of hydrogen-bond donors (Lipinski definition) is 1. The van der Waals surface area contributed by atoms with Crippen molar-refractivity contribution >= 4 is 40.5 Å². The zero-order valence-electron chi connectivity index (χ0n) is 16.2. The molecule has 154 valence electrons. The summed E-state index contributed by atoms with van der Waals surface area (Å²) in [5.41, 5.74) is 1.65. The van der Waals surface area contributed by atoms with Crippen LogP contribution in [0.2, 0.25) is 0 Å². The Labute approximate surface area is 178 Å². The maximum Gasteiger partial charge on any atom is 0.264 e. The zero-order chi connectivity index (χ0) is 20.8. The lowest BCUT2D eigenvalue weighted by molar-refractivity contribution is -0.137. The van der Waals surface area contributed by atoms with Gasteiger partial charge in [-0.25, -0.2) is 4.99 Å². The molecule has 2 aliphatic heterocycles. The number of amidine groups is 1. The molecule has 4 rings (SSSR count). The zero-order valence-corrected chi connectivity index (χ0v) is 17.1. The van der Waals surface area contributed by atoms with Gasteiger partial charge in [0.1, 0.15) is 5.75 Å². The first-order chi connectivity index (χ1) is 14.7. The minimum Gasteiger partial charge on any atom is -0.484 e. The molecule has 0 spiro atoms. The number of morpholine rings is 1. The van der Waals surface area contributed by atoms with E-state index in [4.69, 9.17) is 9.47 Å². The number of amides is 2. The molecule has 2 aromatic carbocycles. The number of carbonyl (C=O) groups excluding carboxylic acids is 2. The monoisotopic (exact) mass is 423 g/mol. The lowest BCUT2D eigenvalue weighted by Gasteiger charge is -2.26. The maximum atomic E-state index is 12.2. The molecule has 2 aliphatic rings. The molecule has 8 heteroatoms. The highest BCUT2D eigenvalue weighted by Gasteiger charge is 2.23. The number of carbonyl (C=O) groups is 2. The lowest BCUT2D eigenvalue weighted by atomic mass is 10.2. The van der Waals surface area contributed by atoms with Crippen molar-refractivity contribution in [3.63, 3.8) is 0 Å². The third-order valence-electron chi connectivity index (χ3n) is 4.54. The van der Waals surface area contributed by atoms with E-state index in [1.807, 2.05) is 42.5 Å². The van der Waals surface area contributed by atoms with Crippen molar-refractivity contribution in [3.8, 4) is 5.75 Å². The van der Waals surface area contributed by atoms with Crippen molar-refractivity contribution in [2.45, 2.75) is 0 Å². The SMILES string of the molecule is O=C1NC(=Nc2ccccc2)S/C1=C/c1ccc(OCC(=O)N2CCOCC2)cc1. The Morgan fingerprint density at radius 3 is 2.60 bits per heavy atom. The van der Waals surface area contributed by atoms with Crippen molar-refractivity contribution in [3.05, 3.63) is 65.1 Å². The van der Waals surface area contributed by atoms with Gasteiger partial charge in [-0.15, -0.1) is 0 Å². The summed E-state index contributed by atoms with van der Waals surface area (Å²) in [6, 6.07) is 16.7. The molecule has 2 fully saturated rings. The number of aliphatic imine (C=N–C) groups is 1. The van der Waals surface area contributed by atoms with Gasteiger partial charge in [0.2, 0.25) is 0 Å². The second-order valence-electron chi connectivity index (χ2n) is 6.67. The van der Waals surface area contributed by atoms with Crippen LogP contribution >= 0.6 is 11.8 Å². The molecule has 7 nitrogen and oxygen atoms in total. The first kappa shape index (κ1) is 20.2. The van der Waals surface area contributed by atoms with E-state index >= 15 is 0 Å². The highest BCUT2D eigenvalue weighted by Crippen LogP contribution is 2.28. The third kappa shape index (κ3) is 5.28. The van der Waals surface area contributed by atoms with Gasteiger partial charge < -0.3 is 19.7 Å². The van der Waals surface area contributed by atoms with Gasteiger partial charge in [-0.3, -0.25) is 9.59 Å². The van der Waals surface area contributed by atoms with Crippen LogP contribution in [-0.4, -0.2) is 54.8 Å². The number of hydrogen-bond acceptors (Lipinski definition) is 6. The van der Waals surface area contributed by atoms with Crippen LogP contribution in [0.15, 0.2) is 64.5 Å². The van der Waals surface area contributed by atoms with Gasteiger partial charge in [0.25, 0.3) is 11.8 Å². The predicted octanol–water partition coefficient (Wildman–Crippen LogP) is 2.82. The van der Waals surface area contributed by atoms with Crippen LogP contribution in [0.25, 0.3) is 6.08 Å². The average molecular weight is 423 g/mol. The fourth-order valence-electron chi connectivity index (χ4n) is 2.96. The summed E-state index contributed by atoms with van der Waals surface area (Å²) in [7, 11) is 0. The van der Waals surface area contributed by atoms with Gasteiger partial charge in [-0.2, -0.15) is 0 Å². The number of para-hydroxylation sites is 1. The molecular formula is C22H21N3O4S. The molecule has 0 atom stereocenters. The molecular weight excluding hydrogens is 402 g/mol. The molecule has 2 heterocycles. The summed E-state index contributed by atoms with van der Waals surface area (Å²) < 4.78 is 10.8. The predicted molar refractivity (Wildman–Crippen MR) is 117 cm³/mol. The van der Waals surface area contributed by atoms with E-state index < -0.39 is 0 Å². The first-order valence-corrected chi connectivity index (χ1v) is 10.4. The van der Waals surface area contributed by atoms with Gasteiger partial charge >= 0.3 is 0 Å². The number of thioether (sulfide) groups is 1. The normalized spacial score (nSPS) is 19.2. The van der Waals surface area contributed by atoms with E-state index in [0.717, 1.165) is 11.3 Å². The van der Waals surface area contributed by atoms with Crippen LogP contribution in [0.3, 0.4) is 0 Å². The summed E-state index contributed by atoms with van der Waals surface area (Å²) in [6.45, 7) is 2.34. The fraction of sp³-hybridized carbons (Fsp3) is 0.227. The van der Waals surface area contributed by atoms with Crippen LogP contribution in [0, 0.1) is 0 Å². The van der Waals surface area contributed by atoms with Gasteiger partial charge in [0, 0.05) is 13.1 Å². The molecule has 0 unspecified atom stereocenters. The number of nitrogens with one attached hydrogen (secondary N) is 1. The smallest absolute Gasteiger partial charge is 0.264 e. The van der Waals surface area contributed by atoms with Gasteiger partial charge in [0.05, 0.1) is 23.8 Å². The van der Waals surface area contributed by atoms with E-state index in [0.29, 0.717) is 42.1 Å². The highest BCUT2D eigenvalue weighted by atomic mass is 32.2. The molecule has 0 aromatic heterocycles. The molecule has 2 aromatic rings. The Hall–Kier alpha value is -3.10. The first-order valence-electron chi connectivity index (χ1n) is 9.60. The van der Waals surface area contributed by atoms with Crippen molar-refractivity contribution in [1.29, 1.82) is 0 Å². The molecule has 2 amide bonds. The Morgan fingerprint density at radius 2 is 1.87 bits per heavy atom. The van der Waals surface area contributed by atoms with E-state index in [-0.39, 0.29) is 18.4 Å². The molecule has 0 radical (unpaired) electrons. The average Bonchev–Trinajstić information content (AvgIpc) is 3.12. The quantitative estimate of drug-likeness (QED) is 0.748. The summed E-state index contributed by atoms with van der Waals surface area (Å²) in [5.74, 6) is 0.383. The molecule has 0 bridgehead atoms. The topological polar surface area (TPSA) is 80.2 Å². The van der Waals surface area contributed by atoms with E-state index in [1.54, 1.807) is 23.1 Å². The van der Waals surface area contributed by atoms with Crippen molar-refractivity contribution < 1.29 is 19.1 Å². The van der Waals surface area contributed by atoms with Crippen LogP contribution in [-0.2, 0) is 14.3 Å². The largest absolute Gasteiger partial charge is 0.484 e. The van der Waals surface area contributed by atoms with Crippen molar-refractivity contribution in [2.75, 3.05) is 32.9 Å². The van der Waals surface area contributed by atoms with Gasteiger partial charge in [-0.1, -0.05) is 30.3 Å². The van der Waals surface area contributed by atoms with Crippen LogP contribution in [0.1, 0.15) is 5.56 Å². The summed E-state index contributed by atoms with van der Waals surface area (Å²) in [4.78, 5) is 31.1. The Balaban J connectivity index is 1.34. The molecule has 0 aliphatic carbocycles. The minimum absolute atomic E-state index is 0.00198. The number of nitrogens with zero attached hydrogens (tertiary/aromatic N) is 2. The van der Waals surface area contributed by atoms with Gasteiger partial charge in [-0.05, 0) is 47.7 Å². The highest BCUT2D eigenvalue weighted by molar-refractivity contribution is 8.18. The maximum absolute atomic E-state index is 12.2. The summed E-state index contributed by atoms with van der Waals surface area (Å²) in [6.07, 6.45) is 1.80. The van der Waals surface area contributed by atoms with Crippen molar-refractivity contribution in [1.82, 2.24) is 10.2 Å². The van der Waals surface area contributed by atoms with Crippen LogP contribution < -0.4 is 10.1 Å². The third-order valence-corrected chi connectivity index (χ3v) is 5.45. The summed E-state index contributed by atoms with van der Waals surface area (Å²) in [5, 5.41) is 3.33. The molecule has 0 saturated carbocycles. The lowest BCUT2D eigenvalue weighted by Crippen LogP contribution is -2.42. The Bertz CT molecular complexity index is 968. The summed E-state index contributed by atoms with van der Waals surface area (Å²) >= 11 is 1.30. The van der Waals surface area contributed by atoms with E-state index in [1.165, 1.54) is 11.8 Å². The minimum atomic E-state index is -0.175. The number of rotatable bonds is 5. The number of benzene rings is 2. The van der Waals surface area contributed by atoms with E-state index in [9.17, 15) is 9.59 Å². The molecule has 30 heavy (non-hydrogen) atoms. The van der Waals surface area contributed by atoms with Crippen LogP contribution in [0.4, 0.5) is 5.69 Å². The van der Waals surface area contributed by atoms with E-state index in [2.05, 4.69) is 10.3 Å². The number of ether oxygens (including phenoxy) is 2. The van der Waals surface area contributed by atoms with Gasteiger partial charge in [0.15, 0.2) is 11.8 Å². The molecule has 1 N–H and O–H groups in total. The van der Waals surface area contributed by atoms with Crippen LogP contribution in [0.5, 0.6) is 5.75 Å². The Morgan fingerprint density at radius 1 is 1.13 bits per heavy atom. The Kier molecular flexibility index (Phi) is 6.46. The fourth-order valence-corrected chi connectivity index (χ4v) is 3.80. The molecule has 2 saturated heterocycles. The second kappa shape index (κ2) is 9.60. The standard InChI is InChI=1S/C22H21N3O4S/c26-20(25-10-12-28-13-11-25)15-29-18-8-6-16(7-9-18)14-19-21(27)24-22(30-19)23-17-4-2-1-3-5-17/h1-9,14H,10-13,15H2,(H,23,24,27)/b19-14+. The second-order valence-corrected chi connectivity index (χ2v) is 7.70. The van der Waals surface area contributed by atoms with Crippen molar-refractivity contribution in [2.24, 2.45) is 4.99 Å².